The molecular formula is C98H62N4O2. The third kappa shape index (κ3) is 10.8. The Bertz CT molecular complexity index is 6710. The van der Waals surface area contributed by atoms with Gasteiger partial charge >= 0.3 is 0 Å². The van der Waals surface area contributed by atoms with E-state index in [4.69, 9.17) is 18.8 Å². The fourth-order valence-corrected chi connectivity index (χ4v) is 15.3. The number of oxazole rings is 2. The lowest BCUT2D eigenvalue weighted by Crippen LogP contribution is -2.09. The van der Waals surface area contributed by atoms with Gasteiger partial charge in [0.05, 0.1) is 0 Å². The predicted molar refractivity (Wildman–Crippen MR) is 434 cm³/mol. The molecule has 0 aliphatic carbocycles. The van der Waals surface area contributed by atoms with Crippen molar-refractivity contribution in [3.05, 3.63) is 376 Å². The lowest BCUT2D eigenvalue weighted by Gasteiger charge is -2.26. The first-order valence-corrected chi connectivity index (χ1v) is 35.3. The van der Waals surface area contributed by atoms with Crippen LogP contribution < -0.4 is 9.80 Å². The van der Waals surface area contributed by atoms with E-state index in [9.17, 15) is 0 Å². The van der Waals surface area contributed by atoms with Crippen LogP contribution in [-0.4, -0.2) is 9.97 Å². The van der Waals surface area contributed by atoms with E-state index in [0.717, 1.165) is 155 Å². The quantitative estimate of drug-likeness (QED) is 0.115. The number of aromatic nitrogens is 2. The molecule has 2 heterocycles. The zero-order valence-electron chi connectivity index (χ0n) is 56.4. The number of rotatable bonds is 13. The Labute approximate surface area is 600 Å². The lowest BCUT2D eigenvalue weighted by atomic mass is 9.95. The summed E-state index contributed by atoms with van der Waals surface area (Å²) in [6.45, 7) is 0. The summed E-state index contributed by atoms with van der Waals surface area (Å²) in [7, 11) is 0. The van der Waals surface area contributed by atoms with Gasteiger partial charge in [-0.25, -0.2) is 9.97 Å². The van der Waals surface area contributed by atoms with Crippen LogP contribution in [0.25, 0.3) is 165 Å². The third-order valence-electron chi connectivity index (χ3n) is 20.6. The van der Waals surface area contributed by atoms with E-state index in [-0.39, 0.29) is 0 Å². The van der Waals surface area contributed by atoms with Gasteiger partial charge in [0.15, 0.2) is 11.2 Å². The van der Waals surface area contributed by atoms with Crippen LogP contribution in [0.1, 0.15) is 0 Å². The molecule has 20 rings (SSSR count). The number of benzene rings is 18. The van der Waals surface area contributed by atoms with Crippen molar-refractivity contribution in [1.29, 1.82) is 0 Å². The minimum atomic E-state index is 0.587. The first-order chi connectivity index (χ1) is 51.5. The summed E-state index contributed by atoms with van der Waals surface area (Å²) in [6, 6.07) is 135. The molecule has 0 saturated heterocycles. The van der Waals surface area contributed by atoms with Crippen LogP contribution >= 0.6 is 0 Å². The molecule has 0 aliphatic heterocycles. The zero-order chi connectivity index (χ0) is 68.6. The molecule has 0 spiro atoms. The second-order valence-corrected chi connectivity index (χ2v) is 26.9. The van der Waals surface area contributed by atoms with Crippen molar-refractivity contribution in [2.45, 2.75) is 0 Å². The summed E-state index contributed by atoms with van der Waals surface area (Å²) < 4.78 is 13.4. The molecule has 0 aliphatic rings. The van der Waals surface area contributed by atoms with Crippen molar-refractivity contribution >= 4 is 121 Å². The minimum Gasteiger partial charge on any atom is -0.436 e. The van der Waals surface area contributed by atoms with Gasteiger partial charge in [-0.2, -0.15) is 0 Å². The Morgan fingerprint density at radius 1 is 0.192 bits per heavy atom. The molecule has 0 N–H and O–H groups in total. The highest BCUT2D eigenvalue weighted by atomic mass is 16.4. The SMILES string of the molecule is c1ccc(-c2nc3c(o2)c(-c2ccc4ccc(N(c5ccccc5)c5ccc(-c6ccc7cc(-c8ccc(-c9nc%10c(cc(-c%11ccc%12ccc(N(c%13ccccc%13)c%13ccc(-c%14ccc%15ccccc%15c%14)cc%13)cc%12c%11)c%11ccccc%11%10)o9)cc8)ccc7c6)cc5)cc4c2)cc2ccccc23)cc1. The van der Waals surface area contributed by atoms with Crippen molar-refractivity contribution in [1.82, 2.24) is 9.97 Å². The van der Waals surface area contributed by atoms with E-state index in [0.29, 0.717) is 11.8 Å². The molecular weight excluding hydrogens is 1270 g/mol. The predicted octanol–water partition coefficient (Wildman–Crippen LogP) is 27.5. The van der Waals surface area contributed by atoms with Crippen molar-refractivity contribution in [3.8, 4) is 78.5 Å². The maximum Gasteiger partial charge on any atom is 0.227 e. The molecule has 6 heteroatoms. The monoisotopic (exact) mass is 1330 g/mol. The van der Waals surface area contributed by atoms with E-state index >= 15 is 0 Å². The number of hydrogen-bond donors (Lipinski definition) is 0. The summed E-state index contributed by atoms with van der Waals surface area (Å²) in [4.78, 5) is 15.0. The molecule has 0 radical (unpaired) electrons. The van der Waals surface area contributed by atoms with Gasteiger partial charge < -0.3 is 18.6 Å². The van der Waals surface area contributed by atoms with Crippen LogP contribution in [0.15, 0.2) is 385 Å². The topological polar surface area (TPSA) is 58.5 Å². The van der Waals surface area contributed by atoms with E-state index in [1.165, 1.54) is 32.7 Å². The highest BCUT2D eigenvalue weighted by molar-refractivity contribution is 6.13. The molecule has 0 fully saturated rings. The fraction of sp³-hybridized carbons (Fsp3) is 0. The lowest BCUT2D eigenvalue weighted by molar-refractivity contribution is 0.620. The Kier molecular flexibility index (Phi) is 14.5. The Morgan fingerprint density at radius 2 is 0.548 bits per heavy atom. The molecule has 0 bridgehead atoms. The van der Waals surface area contributed by atoms with Crippen molar-refractivity contribution in [3.63, 3.8) is 0 Å². The van der Waals surface area contributed by atoms with E-state index in [1.54, 1.807) is 0 Å². The van der Waals surface area contributed by atoms with Crippen molar-refractivity contribution < 1.29 is 8.83 Å². The number of para-hydroxylation sites is 2. The first kappa shape index (κ1) is 60.1. The fourth-order valence-electron chi connectivity index (χ4n) is 15.3. The number of fused-ring (bicyclic) bond motifs is 10. The van der Waals surface area contributed by atoms with Gasteiger partial charge in [-0.3, -0.25) is 0 Å². The summed E-state index contributed by atoms with van der Waals surface area (Å²) in [5, 5.41) is 13.8. The number of nitrogens with zero attached hydrogens (tertiary/aromatic N) is 4. The summed E-state index contributed by atoms with van der Waals surface area (Å²) in [6.07, 6.45) is 0. The Morgan fingerprint density at radius 3 is 1.12 bits per heavy atom. The molecule has 20 aromatic rings. The average Bonchev–Trinajstić information content (AvgIpc) is 1.49. The normalized spacial score (nSPS) is 11.7. The van der Waals surface area contributed by atoms with Gasteiger partial charge in [0, 0.05) is 61.6 Å². The maximum absolute atomic E-state index is 6.76. The van der Waals surface area contributed by atoms with Gasteiger partial charge in [-0.15, -0.1) is 0 Å². The van der Waals surface area contributed by atoms with E-state index in [1.807, 2.05) is 30.3 Å². The molecule has 104 heavy (non-hydrogen) atoms. The van der Waals surface area contributed by atoms with Crippen LogP contribution in [0.5, 0.6) is 0 Å². The van der Waals surface area contributed by atoms with Crippen molar-refractivity contribution in [2.75, 3.05) is 9.80 Å². The highest BCUT2D eigenvalue weighted by Crippen LogP contribution is 2.45. The second-order valence-electron chi connectivity index (χ2n) is 26.9. The summed E-state index contributed by atoms with van der Waals surface area (Å²) in [5.74, 6) is 1.20. The molecule has 0 amide bonds. The first-order valence-electron chi connectivity index (χ1n) is 35.3. The molecule has 0 unspecified atom stereocenters. The van der Waals surface area contributed by atoms with Gasteiger partial charge in [-0.05, 0) is 243 Å². The van der Waals surface area contributed by atoms with Gasteiger partial charge in [0.1, 0.15) is 11.0 Å². The molecule has 2 aromatic heterocycles. The van der Waals surface area contributed by atoms with Crippen LogP contribution in [0, 0.1) is 0 Å². The van der Waals surface area contributed by atoms with Crippen LogP contribution in [0.3, 0.4) is 0 Å². The standard InChI is InChI=1S/C98H62N4O2/c1-4-17-69(18-5-1)98-100-95-88-25-13-12-20-77(88)61-92(96(95)104-98)79-41-32-68-47-53-87(60-81(68)58-79)102(83-23-8-3-9-24-83)85-50-44-66(45-51-85)74-37-39-75-55-73(36-38-76(75)56-74)64-28-33-70(34-29-64)97-99-94-90-27-15-14-26-89(90)91(62-93(94)103-97)78-40-31-67-46-52-86(59-80(67)57-78)101(82-21-6-2-7-22-82)84-48-42-65(43-49-84)72-35-30-63-16-10-11-19-71(63)54-72/h1-62H. The van der Waals surface area contributed by atoms with Gasteiger partial charge in [-0.1, -0.05) is 237 Å². The van der Waals surface area contributed by atoms with Crippen molar-refractivity contribution in [2.24, 2.45) is 0 Å². The largest absolute Gasteiger partial charge is 0.436 e. The molecule has 0 saturated carbocycles. The van der Waals surface area contributed by atoms with Crippen LogP contribution in [0.2, 0.25) is 0 Å². The molecule has 18 aromatic carbocycles. The highest BCUT2D eigenvalue weighted by Gasteiger charge is 2.22. The minimum absolute atomic E-state index is 0.587. The molecule has 6 nitrogen and oxygen atoms in total. The Balaban J connectivity index is 0.560. The summed E-state index contributed by atoms with van der Waals surface area (Å²) >= 11 is 0. The number of hydrogen-bond acceptors (Lipinski definition) is 6. The van der Waals surface area contributed by atoms with E-state index < -0.39 is 0 Å². The number of anilines is 6. The van der Waals surface area contributed by atoms with Gasteiger partial charge in [0.25, 0.3) is 0 Å². The van der Waals surface area contributed by atoms with Gasteiger partial charge in [0.2, 0.25) is 11.8 Å². The Hall–Kier alpha value is -13.9. The maximum atomic E-state index is 6.76. The summed E-state index contributed by atoms with van der Waals surface area (Å²) in [5.41, 5.74) is 22.8. The van der Waals surface area contributed by atoms with Crippen LogP contribution in [-0.2, 0) is 0 Å². The van der Waals surface area contributed by atoms with E-state index in [2.05, 4.69) is 356 Å². The smallest absolute Gasteiger partial charge is 0.227 e. The van der Waals surface area contributed by atoms with Crippen LogP contribution in [0.4, 0.5) is 34.1 Å². The second kappa shape index (κ2) is 25.0. The molecule has 0 atom stereocenters. The molecule has 486 valence electrons. The average molecular weight is 1330 g/mol. The zero-order valence-corrected chi connectivity index (χ0v) is 56.4. The third-order valence-corrected chi connectivity index (χ3v) is 20.6.